The Balaban J connectivity index is 4.45. The molecule has 0 radical (unpaired) electrons. The number of hydrogen-bond acceptors (Lipinski definition) is 6. The van der Waals surface area contributed by atoms with E-state index in [9.17, 15) is 24.5 Å². The van der Waals surface area contributed by atoms with E-state index in [4.69, 9.17) is 9.05 Å². The van der Waals surface area contributed by atoms with Crippen LogP contribution in [0.1, 0.15) is 174 Å². The molecule has 1 amide bonds. The molecule has 4 unspecified atom stereocenters. The molecule has 0 aromatic carbocycles. The van der Waals surface area contributed by atoms with E-state index >= 15 is 0 Å². The lowest BCUT2D eigenvalue weighted by Gasteiger charge is -2.28. The number of nitrogens with zero attached hydrogens (tertiary/aromatic N) is 1. The van der Waals surface area contributed by atoms with Crippen LogP contribution in [0, 0.1) is 0 Å². The van der Waals surface area contributed by atoms with E-state index in [1.165, 1.54) is 44.9 Å². The molecular weight excluding hydrogens is 784 g/mol. The van der Waals surface area contributed by atoms with Crippen molar-refractivity contribution in [2.75, 3.05) is 40.9 Å². The Hall–Kier alpha value is -2.36. The number of quaternary nitrogens is 1. The number of carbonyl (C=O) groups is 1. The summed E-state index contributed by atoms with van der Waals surface area (Å²) in [7, 11) is 1.39. The summed E-state index contributed by atoms with van der Waals surface area (Å²) < 4.78 is 23.5. The van der Waals surface area contributed by atoms with E-state index in [-0.39, 0.29) is 18.9 Å². The molecule has 0 aromatic rings. The van der Waals surface area contributed by atoms with Crippen LogP contribution in [0.25, 0.3) is 0 Å². The van der Waals surface area contributed by atoms with Crippen molar-refractivity contribution in [3.8, 4) is 0 Å². The van der Waals surface area contributed by atoms with Gasteiger partial charge in [0, 0.05) is 6.42 Å². The number of unbranched alkanes of at least 4 members (excludes halogenated alkanes) is 14. The smallest absolute Gasteiger partial charge is 0.390 e. The molecule has 4 atom stereocenters. The van der Waals surface area contributed by atoms with Crippen LogP contribution in [0.15, 0.2) is 85.1 Å². The SMILES string of the molecule is CC/C=C\C/C=C\C/C=C\C/C=C\C/C=C\C/C=C\CCCCCCCCC(=O)NC(COP(=O)(O)OCC[N+](C)(C)C)C(O)C(O)CCC/C=C/CCCCCCCCC. The first-order valence-corrected chi connectivity index (χ1v) is 25.5. The van der Waals surface area contributed by atoms with Crippen molar-refractivity contribution in [2.45, 2.75) is 193 Å². The molecular formula is C51H92N2O7P+. The normalized spacial score (nSPS) is 15.5. The van der Waals surface area contributed by atoms with Gasteiger partial charge in [-0.05, 0) is 89.9 Å². The second-order valence-electron chi connectivity index (χ2n) is 17.2. The zero-order valence-corrected chi connectivity index (χ0v) is 40.4. The Morgan fingerprint density at radius 1 is 0.590 bits per heavy atom. The molecule has 0 spiro atoms. The summed E-state index contributed by atoms with van der Waals surface area (Å²) in [4.78, 5) is 23.2. The summed E-state index contributed by atoms with van der Waals surface area (Å²) in [5.41, 5.74) is 0. The van der Waals surface area contributed by atoms with Gasteiger partial charge in [-0.3, -0.25) is 13.8 Å². The summed E-state index contributed by atoms with van der Waals surface area (Å²) >= 11 is 0. The molecule has 0 heterocycles. The number of carbonyl (C=O) groups excluding carboxylic acids is 1. The van der Waals surface area contributed by atoms with Gasteiger partial charge >= 0.3 is 7.82 Å². The van der Waals surface area contributed by atoms with Gasteiger partial charge in [-0.1, -0.05) is 163 Å². The summed E-state index contributed by atoms with van der Waals surface area (Å²) in [5, 5.41) is 24.7. The van der Waals surface area contributed by atoms with Crippen LogP contribution in [-0.2, 0) is 18.4 Å². The maximum atomic E-state index is 12.9. The lowest BCUT2D eigenvalue weighted by atomic mass is 10.0. The van der Waals surface area contributed by atoms with Gasteiger partial charge in [-0.25, -0.2) is 4.57 Å². The van der Waals surface area contributed by atoms with Crippen molar-refractivity contribution < 1.29 is 38.0 Å². The maximum absolute atomic E-state index is 12.9. The number of phosphoric acid groups is 1. The summed E-state index contributed by atoms with van der Waals surface area (Å²) in [6.07, 6.45) is 53.6. The minimum Gasteiger partial charge on any atom is -0.390 e. The van der Waals surface area contributed by atoms with Crippen molar-refractivity contribution >= 4 is 13.7 Å². The van der Waals surface area contributed by atoms with Crippen molar-refractivity contribution in [1.29, 1.82) is 0 Å². The molecule has 0 saturated carbocycles. The fraction of sp³-hybridized carbons (Fsp3) is 0.706. The summed E-state index contributed by atoms with van der Waals surface area (Å²) in [5.74, 6) is -0.287. The molecule has 352 valence electrons. The Bertz CT molecular complexity index is 1280. The number of nitrogens with one attached hydrogen (secondary N) is 1. The first-order valence-electron chi connectivity index (χ1n) is 24.0. The van der Waals surface area contributed by atoms with Gasteiger partial charge < -0.3 is 24.9 Å². The Kier molecular flexibility index (Phi) is 40.0. The Morgan fingerprint density at radius 2 is 1.02 bits per heavy atom. The number of amides is 1. The van der Waals surface area contributed by atoms with Gasteiger partial charge in [-0.15, -0.1) is 0 Å². The largest absolute Gasteiger partial charge is 0.472 e. The monoisotopic (exact) mass is 876 g/mol. The predicted molar refractivity (Wildman–Crippen MR) is 259 cm³/mol. The van der Waals surface area contributed by atoms with Crippen molar-refractivity contribution in [3.63, 3.8) is 0 Å². The molecule has 9 nitrogen and oxygen atoms in total. The van der Waals surface area contributed by atoms with Crippen molar-refractivity contribution in [2.24, 2.45) is 0 Å². The molecule has 0 aliphatic heterocycles. The number of aliphatic hydroxyl groups excluding tert-OH is 2. The Morgan fingerprint density at radius 3 is 1.51 bits per heavy atom. The van der Waals surface area contributed by atoms with E-state index in [2.05, 4.69) is 104 Å². The fourth-order valence-electron chi connectivity index (χ4n) is 6.38. The van der Waals surface area contributed by atoms with E-state index in [0.29, 0.717) is 30.3 Å². The molecule has 0 aromatic heterocycles. The van der Waals surface area contributed by atoms with Crippen LogP contribution >= 0.6 is 7.82 Å². The van der Waals surface area contributed by atoms with E-state index in [1.54, 1.807) is 0 Å². The molecule has 0 aliphatic carbocycles. The zero-order chi connectivity index (χ0) is 45.1. The lowest BCUT2D eigenvalue weighted by Crippen LogP contribution is -2.51. The second-order valence-corrected chi connectivity index (χ2v) is 18.7. The zero-order valence-electron chi connectivity index (χ0n) is 39.5. The third-order valence-electron chi connectivity index (χ3n) is 10.2. The van der Waals surface area contributed by atoms with Gasteiger partial charge in [0.05, 0.1) is 39.9 Å². The average Bonchev–Trinajstić information content (AvgIpc) is 3.21. The van der Waals surface area contributed by atoms with Crippen LogP contribution in [0.5, 0.6) is 0 Å². The molecule has 0 rings (SSSR count). The van der Waals surface area contributed by atoms with Crippen LogP contribution in [-0.4, -0.2) is 84.6 Å². The van der Waals surface area contributed by atoms with Gasteiger partial charge in [0.2, 0.25) is 5.91 Å². The lowest BCUT2D eigenvalue weighted by molar-refractivity contribution is -0.870. The number of aliphatic hydroxyl groups is 2. The number of hydrogen-bond donors (Lipinski definition) is 4. The minimum absolute atomic E-state index is 0.00840. The first kappa shape index (κ1) is 58.6. The quantitative estimate of drug-likeness (QED) is 0.0208. The molecule has 0 bridgehead atoms. The molecule has 61 heavy (non-hydrogen) atoms. The topological polar surface area (TPSA) is 125 Å². The fourth-order valence-corrected chi connectivity index (χ4v) is 7.12. The van der Waals surface area contributed by atoms with Crippen molar-refractivity contribution in [1.82, 2.24) is 5.32 Å². The first-order chi connectivity index (χ1) is 29.4. The van der Waals surface area contributed by atoms with E-state index < -0.39 is 32.7 Å². The molecule has 0 fully saturated rings. The van der Waals surface area contributed by atoms with Crippen LogP contribution < -0.4 is 5.32 Å². The highest BCUT2D eigenvalue weighted by Gasteiger charge is 2.31. The van der Waals surface area contributed by atoms with Crippen LogP contribution in [0.3, 0.4) is 0 Å². The molecule has 4 N–H and O–H groups in total. The Labute approximate surface area is 374 Å². The number of rotatable bonds is 42. The van der Waals surface area contributed by atoms with Crippen LogP contribution in [0.4, 0.5) is 0 Å². The third kappa shape index (κ3) is 42.7. The average molecular weight is 876 g/mol. The van der Waals surface area contributed by atoms with Crippen LogP contribution in [0.2, 0.25) is 0 Å². The number of allylic oxidation sites excluding steroid dienone is 14. The van der Waals surface area contributed by atoms with Gasteiger partial charge in [0.25, 0.3) is 0 Å². The summed E-state index contributed by atoms with van der Waals surface area (Å²) in [6.45, 7) is 4.43. The third-order valence-corrected chi connectivity index (χ3v) is 11.2. The van der Waals surface area contributed by atoms with Crippen molar-refractivity contribution in [3.05, 3.63) is 85.1 Å². The maximum Gasteiger partial charge on any atom is 0.472 e. The molecule has 10 heteroatoms. The molecule has 0 saturated heterocycles. The van der Waals surface area contributed by atoms with E-state index in [0.717, 1.165) is 89.9 Å². The van der Waals surface area contributed by atoms with Gasteiger partial charge in [-0.2, -0.15) is 0 Å². The summed E-state index contributed by atoms with van der Waals surface area (Å²) in [6, 6.07) is -1.06. The number of likely N-dealkylation sites (N-methyl/N-ethyl adjacent to an activating group) is 1. The minimum atomic E-state index is -4.43. The highest BCUT2D eigenvalue weighted by Crippen LogP contribution is 2.43. The van der Waals surface area contributed by atoms with Gasteiger partial charge in [0.15, 0.2) is 0 Å². The number of phosphoric ester groups is 1. The van der Waals surface area contributed by atoms with Gasteiger partial charge in [0.1, 0.15) is 19.3 Å². The van der Waals surface area contributed by atoms with E-state index in [1.807, 2.05) is 21.1 Å². The second kappa shape index (κ2) is 41.6. The predicted octanol–water partition coefficient (Wildman–Crippen LogP) is 12.7. The highest BCUT2D eigenvalue weighted by molar-refractivity contribution is 7.47. The highest BCUT2D eigenvalue weighted by atomic mass is 31.2. The standard InChI is InChI=1S/C51H91N2O7P/c1-6-8-10-12-14-16-18-20-21-22-23-24-25-26-27-28-29-30-31-32-34-36-38-40-42-44-50(55)52-48(47-60-61(57,58)59-46-45-53(3,4)5)51(56)49(54)43-41-39-37-35-33-19-17-15-13-11-9-7-2/h8,10,14,16,20-21,23-24,26-27,29-30,35,37,48-49,51,54,56H,6-7,9,11-13,15,17-19,22,25,28,31-34,36,38-47H2,1-5H3,(H-,52,55,57,58)/p+1/b10-8-,16-14-,21-20-,24-23-,27-26-,30-29-,37-35+. The molecule has 0 aliphatic rings.